The Labute approximate surface area is 430 Å². The van der Waals surface area contributed by atoms with Gasteiger partial charge in [-0.25, -0.2) is 0 Å². The van der Waals surface area contributed by atoms with Crippen LogP contribution in [-0.4, -0.2) is 0 Å². The van der Waals surface area contributed by atoms with E-state index in [-0.39, 0.29) is 5.41 Å². The minimum absolute atomic E-state index is 0.127. The summed E-state index contributed by atoms with van der Waals surface area (Å²) in [6.45, 7) is 4.74. The van der Waals surface area contributed by atoms with Gasteiger partial charge in [0.25, 0.3) is 0 Å². The first-order valence-electron chi connectivity index (χ1n) is 25.4. The summed E-state index contributed by atoms with van der Waals surface area (Å²) in [5.41, 5.74) is 24.2. The molecule has 0 bridgehead atoms. The van der Waals surface area contributed by atoms with Crippen molar-refractivity contribution in [1.29, 1.82) is 0 Å². The lowest BCUT2D eigenvalue weighted by Crippen LogP contribution is -2.36. The highest BCUT2D eigenvalue weighted by Crippen LogP contribution is 2.66. The monoisotopic (exact) mass is 948 g/mol. The van der Waals surface area contributed by atoms with Crippen LogP contribution in [0.15, 0.2) is 255 Å². The van der Waals surface area contributed by atoms with Gasteiger partial charge in [-0.2, -0.15) is 0 Å². The molecule has 2 aliphatic carbocycles. The summed E-state index contributed by atoms with van der Waals surface area (Å²) in [5, 5.41) is 2.59. The van der Waals surface area contributed by atoms with Crippen LogP contribution in [0.2, 0.25) is 0 Å². The van der Waals surface area contributed by atoms with Gasteiger partial charge in [0.2, 0.25) is 0 Å². The van der Waals surface area contributed by atoms with Crippen LogP contribution in [0.25, 0.3) is 64.7 Å². The van der Waals surface area contributed by atoms with Gasteiger partial charge in [-0.3, -0.25) is 0 Å². The van der Waals surface area contributed by atoms with E-state index in [2.05, 4.69) is 278 Å². The predicted octanol–water partition coefficient (Wildman–Crippen LogP) is 19.3. The summed E-state index contributed by atoms with van der Waals surface area (Å²) >= 11 is 1.86. The lowest BCUT2D eigenvalue weighted by molar-refractivity contribution is 0.660. The molecule has 0 radical (unpaired) electrons. The van der Waals surface area contributed by atoms with Gasteiger partial charge in [-0.1, -0.05) is 196 Å². The van der Waals surface area contributed by atoms with Crippen LogP contribution in [0.3, 0.4) is 0 Å². The molecule has 0 N–H and O–H groups in total. The van der Waals surface area contributed by atoms with Crippen LogP contribution in [0.5, 0.6) is 0 Å². The highest BCUT2D eigenvalue weighted by Gasteiger charge is 2.53. The Morgan fingerprint density at radius 3 is 1.77 bits per heavy atom. The predicted molar refractivity (Wildman–Crippen MR) is 308 cm³/mol. The average molecular weight is 949 g/mol. The van der Waals surface area contributed by atoms with Crippen molar-refractivity contribution in [3.8, 4) is 44.5 Å². The Balaban J connectivity index is 0.913. The molecular formula is C70H48N2S. The molecule has 11 aromatic carbocycles. The molecule has 344 valence electrons. The van der Waals surface area contributed by atoms with Gasteiger partial charge in [-0.15, -0.1) is 11.3 Å². The number of thiophene rings is 1. The Bertz CT molecular complexity index is 4170. The zero-order valence-electron chi connectivity index (χ0n) is 40.6. The summed E-state index contributed by atoms with van der Waals surface area (Å²) in [6, 6.07) is 95.4. The van der Waals surface area contributed by atoms with Crippen molar-refractivity contribution in [2.45, 2.75) is 24.7 Å². The largest absolute Gasteiger partial charge is 0.310 e. The maximum atomic E-state index is 2.52. The Kier molecular flexibility index (Phi) is 9.12. The number of rotatable bonds is 7. The summed E-state index contributed by atoms with van der Waals surface area (Å²) in [4.78, 5) is 4.98. The maximum absolute atomic E-state index is 2.52. The second-order valence-electron chi connectivity index (χ2n) is 20.4. The molecule has 2 nitrogen and oxygen atoms in total. The van der Waals surface area contributed by atoms with E-state index in [0.717, 1.165) is 22.7 Å². The molecule has 0 fully saturated rings. The molecule has 73 heavy (non-hydrogen) atoms. The Hall–Kier alpha value is -8.76. The van der Waals surface area contributed by atoms with Gasteiger partial charge in [-0.05, 0) is 140 Å². The van der Waals surface area contributed by atoms with Crippen molar-refractivity contribution in [1.82, 2.24) is 0 Å². The topological polar surface area (TPSA) is 6.48 Å². The molecule has 1 aliphatic heterocycles. The first kappa shape index (κ1) is 42.0. The summed E-state index contributed by atoms with van der Waals surface area (Å²) in [5.74, 6) is 0. The van der Waals surface area contributed by atoms with Crippen LogP contribution in [0.4, 0.5) is 34.1 Å². The lowest BCUT2D eigenvalue weighted by Gasteiger charge is -2.45. The van der Waals surface area contributed by atoms with Gasteiger partial charge >= 0.3 is 0 Å². The molecule has 0 saturated heterocycles. The number of nitrogens with zero attached hydrogens (tertiary/aromatic N) is 2. The molecule has 2 heterocycles. The van der Waals surface area contributed by atoms with Crippen LogP contribution in [0, 0.1) is 0 Å². The van der Waals surface area contributed by atoms with Crippen molar-refractivity contribution < 1.29 is 0 Å². The normalized spacial score (nSPS) is 15.4. The molecule has 15 rings (SSSR count). The van der Waals surface area contributed by atoms with E-state index < -0.39 is 5.41 Å². The first-order valence-corrected chi connectivity index (χ1v) is 26.2. The van der Waals surface area contributed by atoms with Gasteiger partial charge in [0.1, 0.15) is 0 Å². The summed E-state index contributed by atoms with van der Waals surface area (Å²) < 4.78 is 2.61. The van der Waals surface area contributed by atoms with E-state index in [1.165, 1.54) is 109 Å². The van der Waals surface area contributed by atoms with E-state index >= 15 is 0 Å². The van der Waals surface area contributed by atoms with Crippen LogP contribution in [-0.2, 0) is 10.8 Å². The van der Waals surface area contributed by atoms with Crippen molar-refractivity contribution in [3.05, 3.63) is 288 Å². The molecule has 3 aliphatic rings. The highest BCUT2D eigenvalue weighted by molar-refractivity contribution is 7.25. The second-order valence-corrected chi connectivity index (χ2v) is 21.5. The third-order valence-electron chi connectivity index (χ3n) is 16.2. The molecule has 3 heteroatoms. The van der Waals surface area contributed by atoms with Gasteiger partial charge in [0.05, 0.1) is 16.8 Å². The molecule has 0 spiro atoms. The molecule has 1 aromatic heterocycles. The number of fused-ring (bicyclic) bond motifs is 11. The lowest BCUT2D eigenvalue weighted by atomic mass is 9.64. The van der Waals surface area contributed by atoms with Crippen molar-refractivity contribution in [3.63, 3.8) is 0 Å². The van der Waals surface area contributed by atoms with Gasteiger partial charge in [0, 0.05) is 59.5 Å². The SMILES string of the molecule is CC1(C)c2ccccc2-c2ccc(N(c3ccc(-c4ccc5c(c4)C4(c6ccccc6)c6ccccc6N(c6ccccc6)c6c(-c7ccccc7)ccc-5c64)cc3)c3ccc4sc5ccccc5c4c3)cc21. The molecule has 1 atom stereocenters. The van der Waals surface area contributed by atoms with Crippen molar-refractivity contribution in [2.24, 2.45) is 0 Å². The van der Waals surface area contributed by atoms with E-state index in [1.807, 2.05) is 11.3 Å². The summed E-state index contributed by atoms with van der Waals surface area (Å²) in [6.07, 6.45) is 0. The Morgan fingerprint density at radius 2 is 0.945 bits per heavy atom. The van der Waals surface area contributed by atoms with E-state index in [9.17, 15) is 0 Å². The third kappa shape index (κ3) is 6.04. The van der Waals surface area contributed by atoms with E-state index in [4.69, 9.17) is 0 Å². The average Bonchev–Trinajstić information content (AvgIpc) is 4.05. The number of hydrogen-bond acceptors (Lipinski definition) is 3. The second kappa shape index (κ2) is 15.9. The Morgan fingerprint density at radius 1 is 0.370 bits per heavy atom. The maximum Gasteiger partial charge on any atom is 0.0754 e. The molecular weight excluding hydrogens is 901 g/mol. The minimum atomic E-state index is -0.591. The van der Waals surface area contributed by atoms with Crippen LogP contribution >= 0.6 is 11.3 Å². The third-order valence-corrected chi connectivity index (χ3v) is 17.4. The molecule has 0 amide bonds. The molecule has 1 unspecified atom stereocenters. The number of benzene rings is 11. The fourth-order valence-electron chi connectivity index (χ4n) is 13.0. The zero-order chi connectivity index (χ0) is 48.4. The molecule has 0 saturated carbocycles. The quantitative estimate of drug-likeness (QED) is 0.157. The zero-order valence-corrected chi connectivity index (χ0v) is 41.4. The minimum Gasteiger partial charge on any atom is -0.310 e. The summed E-state index contributed by atoms with van der Waals surface area (Å²) in [7, 11) is 0. The van der Waals surface area contributed by atoms with Gasteiger partial charge < -0.3 is 9.80 Å². The van der Waals surface area contributed by atoms with Gasteiger partial charge in [0.15, 0.2) is 0 Å². The number of hydrogen-bond donors (Lipinski definition) is 0. The van der Waals surface area contributed by atoms with Crippen LogP contribution in [0.1, 0.15) is 47.2 Å². The van der Waals surface area contributed by atoms with Crippen LogP contribution < -0.4 is 9.80 Å². The standard InChI is InChI=1S/C70H48N2S/c1-69(2)60-26-14-12-24-54(60)55-38-35-52(44-62(55)69)71(51-36-41-66-59(43-51)57-25-13-17-29-65(57)73-66)50-33-30-45(31-34-50)47-32-37-56-58-40-39-53(46-18-6-3-7-19-46)68-67(58)70(63(56)42-47,48-20-8-4-9-21-48)61-27-15-16-28-64(61)72(68)49-22-10-5-11-23-49/h3-44H,1-2H3. The number of para-hydroxylation sites is 2. The van der Waals surface area contributed by atoms with E-state index in [0.29, 0.717) is 0 Å². The first-order chi connectivity index (χ1) is 36.0. The van der Waals surface area contributed by atoms with Crippen molar-refractivity contribution >= 4 is 65.6 Å². The van der Waals surface area contributed by atoms with E-state index in [1.54, 1.807) is 0 Å². The number of anilines is 6. The fourth-order valence-corrected chi connectivity index (χ4v) is 14.1. The van der Waals surface area contributed by atoms with Crippen molar-refractivity contribution in [2.75, 3.05) is 9.80 Å². The molecule has 12 aromatic rings. The smallest absolute Gasteiger partial charge is 0.0754 e. The fraction of sp³-hybridized carbons (Fsp3) is 0.0571. The highest BCUT2D eigenvalue weighted by atomic mass is 32.1.